The van der Waals surface area contributed by atoms with Gasteiger partial charge in [0, 0.05) is 6.04 Å². The third kappa shape index (κ3) is 10.5. The van der Waals surface area contributed by atoms with Crippen LogP contribution in [0.2, 0.25) is 65.0 Å². The predicted octanol–water partition coefficient (Wildman–Crippen LogP) is 4.72. The van der Waals surface area contributed by atoms with Crippen molar-refractivity contribution >= 4 is 57.6 Å². The molecule has 0 saturated carbocycles. The van der Waals surface area contributed by atoms with Gasteiger partial charge in [0.25, 0.3) is 0 Å². The maximum Gasteiger partial charge on any atom is 0.469 e. The monoisotopic (exact) mass is 664 g/mol. The van der Waals surface area contributed by atoms with Crippen molar-refractivity contribution in [3.63, 3.8) is 0 Å². The van der Waals surface area contributed by atoms with Crippen molar-refractivity contribution in [3.05, 3.63) is 0 Å². The first-order chi connectivity index (χ1) is 18.8. The molecule has 42 heavy (non-hydrogen) atoms. The van der Waals surface area contributed by atoms with Gasteiger partial charge in [0.2, 0.25) is 0 Å². The molecule has 0 bridgehead atoms. The first kappa shape index (κ1) is 37.0. The number of carbonyl (C=O) groups is 4. The Labute approximate surface area is 255 Å². The highest BCUT2D eigenvalue weighted by atomic mass is 28.5. The maximum absolute atomic E-state index is 13.4. The third-order valence-electron chi connectivity index (χ3n) is 6.70. The topological polar surface area (TPSA) is 136 Å². The second kappa shape index (κ2) is 13.0. The number of hydrogen-bond acceptors (Lipinski definition) is 11. The molecule has 0 N–H and O–H groups in total. The second-order valence-corrected chi connectivity index (χ2v) is 32.2. The van der Waals surface area contributed by atoms with Gasteiger partial charge >= 0.3 is 32.7 Å². The molecule has 2 fully saturated rings. The first-order valence-corrected chi connectivity index (χ1v) is 26.8. The van der Waals surface area contributed by atoms with Crippen LogP contribution >= 0.6 is 0 Å². The molecule has 0 spiro atoms. The fraction of sp³-hybridized carbons (Fsp3) is 0.852. The van der Waals surface area contributed by atoms with Gasteiger partial charge in [-0.15, -0.1) is 0 Å². The molecule has 0 aromatic carbocycles. The average Bonchev–Trinajstić information content (AvgIpc) is 3.53. The molecule has 0 aromatic heterocycles. The van der Waals surface area contributed by atoms with Gasteiger partial charge in [0.15, 0.2) is 25.0 Å². The Morgan fingerprint density at radius 1 is 0.738 bits per heavy atom. The van der Waals surface area contributed by atoms with E-state index in [1.54, 1.807) is 0 Å². The van der Waals surface area contributed by atoms with Crippen LogP contribution in [-0.2, 0) is 50.5 Å². The number of cyclic esters (lactones) is 2. The molecule has 2 saturated heterocycles. The molecule has 2 aliphatic rings. The van der Waals surface area contributed by atoms with E-state index in [2.05, 4.69) is 58.9 Å². The molecule has 3 atom stereocenters. The minimum absolute atomic E-state index is 0.0450. The summed E-state index contributed by atoms with van der Waals surface area (Å²) in [5.74, 6) is -5.51. The SMILES string of the molecule is CC(C)(C(=O)OCCC[Si](O[Si](C)(C)C)(O[Si](C)(C)C)O[Si](C)(C)C)C1C(=O)OC(=O)C1C(C)(C)C(=O)OCC1CO1. The first-order valence-electron chi connectivity index (χ1n) is 14.6. The van der Waals surface area contributed by atoms with Crippen LogP contribution in [0.3, 0.4) is 0 Å². The minimum atomic E-state index is -3.11. The van der Waals surface area contributed by atoms with Crippen molar-refractivity contribution in [1.29, 1.82) is 0 Å². The van der Waals surface area contributed by atoms with E-state index >= 15 is 0 Å². The smallest absolute Gasteiger partial charge is 0.465 e. The van der Waals surface area contributed by atoms with E-state index < -0.39 is 80.3 Å². The molecule has 0 aliphatic carbocycles. The van der Waals surface area contributed by atoms with E-state index in [1.165, 1.54) is 27.7 Å². The van der Waals surface area contributed by atoms with Gasteiger partial charge in [0.05, 0.1) is 35.9 Å². The number of ether oxygens (including phenoxy) is 4. The minimum Gasteiger partial charge on any atom is -0.465 e. The Morgan fingerprint density at radius 2 is 1.12 bits per heavy atom. The number of carbonyl (C=O) groups excluding carboxylic acids is 4. The Kier molecular flexibility index (Phi) is 11.5. The molecule has 2 rings (SSSR count). The van der Waals surface area contributed by atoms with Crippen molar-refractivity contribution in [2.24, 2.45) is 22.7 Å². The van der Waals surface area contributed by atoms with Gasteiger partial charge in [-0.3, -0.25) is 19.2 Å². The summed E-state index contributed by atoms with van der Waals surface area (Å²) in [4.78, 5) is 52.1. The summed E-state index contributed by atoms with van der Waals surface area (Å²) in [6, 6.07) is 0.482. The zero-order chi connectivity index (χ0) is 32.5. The Bertz CT molecular complexity index is 980. The quantitative estimate of drug-likeness (QED) is 0.0566. The molecule has 2 aliphatic heterocycles. The van der Waals surface area contributed by atoms with Crippen molar-refractivity contribution in [1.82, 2.24) is 0 Å². The summed E-state index contributed by atoms with van der Waals surface area (Å²) in [5.41, 5.74) is -2.89. The van der Waals surface area contributed by atoms with Crippen LogP contribution in [0, 0.1) is 22.7 Å². The Hall–Kier alpha value is -1.21. The highest BCUT2D eigenvalue weighted by Crippen LogP contribution is 2.48. The highest BCUT2D eigenvalue weighted by molar-refractivity contribution is 6.90. The number of esters is 4. The van der Waals surface area contributed by atoms with Crippen LogP contribution in [0.1, 0.15) is 34.1 Å². The van der Waals surface area contributed by atoms with E-state index in [-0.39, 0.29) is 19.3 Å². The zero-order valence-electron chi connectivity index (χ0n) is 27.8. The van der Waals surface area contributed by atoms with Crippen molar-refractivity contribution in [2.45, 2.75) is 105 Å². The van der Waals surface area contributed by atoms with E-state index in [0.29, 0.717) is 19.1 Å². The highest BCUT2D eigenvalue weighted by Gasteiger charge is 2.62. The molecule has 0 radical (unpaired) electrons. The van der Waals surface area contributed by atoms with Crippen molar-refractivity contribution in [3.8, 4) is 0 Å². The molecule has 11 nitrogen and oxygen atoms in total. The van der Waals surface area contributed by atoms with Crippen LogP contribution in [-0.4, -0.2) is 83.6 Å². The van der Waals surface area contributed by atoms with E-state index in [4.69, 9.17) is 31.3 Å². The van der Waals surface area contributed by atoms with Gasteiger partial charge in [-0.25, -0.2) is 0 Å². The molecular formula is C27H52O11Si4. The molecule has 0 aromatic rings. The predicted molar refractivity (Wildman–Crippen MR) is 166 cm³/mol. The van der Waals surface area contributed by atoms with Crippen LogP contribution in [0.5, 0.6) is 0 Å². The van der Waals surface area contributed by atoms with Gasteiger partial charge in [-0.2, -0.15) is 0 Å². The van der Waals surface area contributed by atoms with Gasteiger partial charge in [-0.1, -0.05) is 0 Å². The zero-order valence-corrected chi connectivity index (χ0v) is 31.8. The van der Waals surface area contributed by atoms with Gasteiger partial charge in [0.1, 0.15) is 12.7 Å². The summed E-state index contributed by atoms with van der Waals surface area (Å²) in [5, 5.41) is 0. The van der Waals surface area contributed by atoms with E-state index in [1.807, 2.05) is 0 Å². The summed E-state index contributed by atoms with van der Waals surface area (Å²) >= 11 is 0. The van der Waals surface area contributed by atoms with Crippen LogP contribution in [0.15, 0.2) is 0 Å². The molecule has 0 amide bonds. The van der Waals surface area contributed by atoms with E-state index in [0.717, 1.165) is 0 Å². The lowest BCUT2D eigenvalue weighted by Gasteiger charge is -2.43. The standard InChI is InChI=1S/C27H52O11Si4/c1-26(2,20-21(23(29)35-22(20)28)27(3,4)25(31)34-18-19-17-33-19)24(30)32-15-14-16-42(36-39(5,6)7,37-40(8,9)10)38-41(11,12)13/h19-21H,14-18H2,1-13H3. The van der Waals surface area contributed by atoms with E-state index in [9.17, 15) is 19.2 Å². The fourth-order valence-electron chi connectivity index (χ4n) is 4.95. The maximum atomic E-state index is 13.4. The lowest BCUT2D eigenvalue weighted by Crippen LogP contribution is -2.60. The molecule has 3 unspecified atom stereocenters. The number of hydrogen-bond donors (Lipinski definition) is 0. The molecular weight excluding hydrogens is 613 g/mol. The van der Waals surface area contributed by atoms with Crippen LogP contribution in [0.25, 0.3) is 0 Å². The third-order valence-corrected chi connectivity index (χ3v) is 18.7. The average molecular weight is 665 g/mol. The Balaban J connectivity index is 2.18. The van der Waals surface area contributed by atoms with Gasteiger partial charge < -0.3 is 31.3 Å². The molecule has 2 heterocycles. The van der Waals surface area contributed by atoms with Crippen LogP contribution < -0.4 is 0 Å². The lowest BCUT2D eigenvalue weighted by atomic mass is 9.64. The molecule has 242 valence electrons. The number of epoxide rings is 1. The second-order valence-electron chi connectivity index (χ2n) is 15.3. The van der Waals surface area contributed by atoms with Gasteiger partial charge in [-0.05, 0) is 93.0 Å². The summed E-state index contributed by atoms with van der Waals surface area (Å²) < 4.78 is 41.1. The summed E-state index contributed by atoms with van der Waals surface area (Å²) in [6.07, 6.45) is 0.279. The summed E-state index contributed by atoms with van der Waals surface area (Å²) in [7, 11) is -9.29. The largest absolute Gasteiger partial charge is 0.469 e. The van der Waals surface area contributed by atoms with Crippen LogP contribution in [0.4, 0.5) is 0 Å². The van der Waals surface area contributed by atoms with Crippen molar-refractivity contribution in [2.75, 3.05) is 19.8 Å². The summed E-state index contributed by atoms with van der Waals surface area (Å²) in [6.45, 7) is 25.6. The lowest BCUT2D eigenvalue weighted by molar-refractivity contribution is -0.168. The number of rotatable bonds is 16. The Morgan fingerprint density at radius 3 is 1.48 bits per heavy atom. The normalized spacial score (nSPS) is 22.2. The van der Waals surface area contributed by atoms with Crippen molar-refractivity contribution < 1.29 is 50.5 Å². The molecule has 15 heteroatoms. The fourth-order valence-corrected chi connectivity index (χ4v) is 19.6.